The first-order valence-corrected chi connectivity index (χ1v) is 7.08. The van der Waals surface area contributed by atoms with Gasteiger partial charge in [-0.3, -0.25) is 5.21 Å². The largest absolute Gasteiger partial charge is 0.378 e. The summed E-state index contributed by atoms with van der Waals surface area (Å²) in [7, 11) is 3.98. The van der Waals surface area contributed by atoms with Crippen LogP contribution in [0, 0.1) is 0 Å². The van der Waals surface area contributed by atoms with Gasteiger partial charge in [0.15, 0.2) is 6.17 Å². The first-order chi connectivity index (χ1) is 10.7. The molecule has 0 amide bonds. The molecule has 0 spiro atoms. The highest BCUT2D eigenvalue weighted by atomic mass is 16.5. The van der Waals surface area contributed by atoms with E-state index in [9.17, 15) is 5.21 Å². The molecule has 0 radical (unpaired) electrons. The Labute approximate surface area is 129 Å². The second kappa shape index (κ2) is 5.99. The average Bonchev–Trinajstić information content (AvgIpc) is 2.56. The third-order valence-electron chi connectivity index (χ3n) is 3.61. The monoisotopic (exact) mass is 294 g/mol. The number of hydrogen-bond donors (Lipinski definition) is 1. The normalized spacial score (nSPS) is 17.3. The maximum Gasteiger partial charge on any atom is 0.191 e. The Morgan fingerprint density at radius 2 is 1.68 bits per heavy atom. The molecule has 5 nitrogen and oxygen atoms in total. The number of benzene rings is 2. The van der Waals surface area contributed by atoms with E-state index in [1.165, 1.54) is 0 Å². The molecule has 1 unspecified atom stereocenters. The molecule has 0 saturated carbocycles. The first-order valence-electron chi connectivity index (χ1n) is 7.08. The van der Waals surface area contributed by atoms with Crippen LogP contribution >= 0.6 is 0 Å². The SMILES string of the molecule is CN(C)c1ccc(C2N=NC=C(c3ccccc3)N2O)cc1. The molecule has 0 bridgehead atoms. The summed E-state index contributed by atoms with van der Waals surface area (Å²) in [5.41, 5.74) is 3.52. The number of rotatable bonds is 3. The van der Waals surface area contributed by atoms with E-state index in [1.807, 2.05) is 73.6 Å². The van der Waals surface area contributed by atoms with Crippen molar-refractivity contribution in [3.05, 3.63) is 71.9 Å². The molecule has 1 aliphatic heterocycles. The molecule has 5 heteroatoms. The molecule has 112 valence electrons. The van der Waals surface area contributed by atoms with Gasteiger partial charge in [-0.25, -0.2) is 5.06 Å². The van der Waals surface area contributed by atoms with Crippen LogP contribution in [0.1, 0.15) is 17.3 Å². The number of hydroxylamine groups is 2. The summed E-state index contributed by atoms with van der Waals surface area (Å²) >= 11 is 0. The number of azo groups is 1. The molecule has 1 N–H and O–H groups in total. The quantitative estimate of drug-likeness (QED) is 0.933. The van der Waals surface area contributed by atoms with Crippen molar-refractivity contribution >= 4 is 11.4 Å². The number of nitrogens with zero attached hydrogens (tertiary/aromatic N) is 4. The molecule has 1 atom stereocenters. The highest BCUT2D eigenvalue weighted by Crippen LogP contribution is 2.33. The average molecular weight is 294 g/mol. The van der Waals surface area contributed by atoms with E-state index in [4.69, 9.17) is 0 Å². The lowest BCUT2D eigenvalue weighted by Crippen LogP contribution is -2.24. The standard InChI is InChI=1S/C17H18N4O/c1-20(2)15-10-8-14(9-11-15)17-19-18-12-16(21(17)22)13-6-4-3-5-7-13/h3-12,17,22H,1-2H3. The van der Waals surface area contributed by atoms with Gasteiger partial charge in [0.2, 0.25) is 0 Å². The fourth-order valence-corrected chi connectivity index (χ4v) is 2.36. The number of anilines is 1. The summed E-state index contributed by atoms with van der Waals surface area (Å²) in [5.74, 6) is 0. The predicted molar refractivity (Wildman–Crippen MR) is 86.4 cm³/mol. The summed E-state index contributed by atoms with van der Waals surface area (Å²) in [6, 6.07) is 17.6. The fourth-order valence-electron chi connectivity index (χ4n) is 2.36. The molecule has 0 aliphatic carbocycles. The van der Waals surface area contributed by atoms with Crippen molar-refractivity contribution in [1.82, 2.24) is 5.06 Å². The van der Waals surface area contributed by atoms with Gasteiger partial charge in [0.05, 0.1) is 11.9 Å². The Bertz CT molecular complexity index is 692. The lowest BCUT2D eigenvalue weighted by Gasteiger charge is -2.28. The van der Waals surface area contributed by atoms with Crippen molar-refractivity contribution < 1.29 is 5.21 Å². The van der Waals surface area contributed by atoms with Gasteiger partial charge in [-0.15, -0.1) is 0 Å². The predicted octanol–water partition coefficient (Wildman–Crippen LogP) is 3.91. The van der Waals surface area contributed by atoms with Crippen LogP contribution < -0.4 is 4.90 Å². The lowest BCUT2D eigenvalue weighted by atomic mass is 10.1. The third kappa shape index (κ3) is 2.71. The van der Waals surface area contributed by atoms with Crippen molar-refractivity contribution in [3.63, 3.8) is 0 Å². The molecule has 0 saturated heterocycles. The molecule has 0 aromatic heterocycles. The Kier molecular flexibility index (Phi) is 3.89. The van der Waals surface area contributed by atoms with Crippen molar-refractivity contribution in [1.29, 1.82) is 0 Å². The van der Waals surface area contributed by atoms with E-state index in [2.05, 4.69) is 10.2 Å². The van der Waals surface area contributed by atoms with Gasteiger partial charge in [-0.05, 0) is 12.1 Å². The molecule has 2 aromatic rings. The minimum Gasteiger partial charge on any atom is -0.378 e. The smallest absolute Gasteiger partial charge is 0.191 e. The van der Waals surface area contributed by atoms with E-state index in [0.717, 1.165) is 21.9 Å². The summed E-state index contributed by atoms with van der Waals surface area (Å²) < 4.78 is 0. The van der Waals surface area contributed by atoms with Gasteiger partial charge in [0.1, 0.15) is 0 Å². The molecule has 3 rings (SSSR count). The van der Waals surface area contributed by atoms with Crippen molar-refractivity contribution in [2.75, 3.05) is 19.0 Å². The molecule has 0 fully saturated rings. The van der Waals surface area contributed by atoms with Crippen LogP contribution in [0.3, 0.4) is 0 Å². The van der Waals surface area contributed by atoms with Gasteiger partial charge in [-0.1, -0.05) is 42.5 Å². The van der Waals surface area contributed by atoms with Gasteiger partial charge in [0.25, 0.3) is 0 Å². The van der Waals surface area contributed by atoms with Crippen LogP contribution in [0.4, 0.5) is 5.69 Å². The summed E-state index contributed by atoms with van der Waals surface area (Å²) in [6.45, 7) is 0. The Hall–Kier alpha value is -2.66. The minimum absolute atomic E-state index is 0.531. The maximum absolute atomic E-state index is 10.5. The second-order valence-electron chi connectivity index (χ2n) is 5.32. The highest BCUT2D eigenvalue weighted by molar-refractivity contribution is 5.64. The van der Waals surface area contributed by atoms with Crippen molar-refractivity contribution in [2.24, 2.45) is 10.2 Å². The molecular formula is C17H18N4O. The van der Waals surface area contributed by atoms with Gasteiger partial charge in [0, 0.05) is 30.9 Å². The first kappa shape index (κ1) is 14.3. The Morgan fingerprint density at radius 1 is 1.00 bits per heavy atom. The van der Waals surface area contributed by atoms with Crippen molar-refractivity contribution in [3.8, 4) is 0 Å². The third-order valence-corrected chi connectivity index (χ3v) is 3.61. The van der Waals surface area contributed by atoms with Crippen LogP contribution in [-0.4, -0.2) is 24.4 Å². The van der Waals surface area contributed by atoms with Crippen LogP contribution in [0.25, 0.3) is 5.70 Å². The fraction of sp³-hybridized carbons (Fsp3) is 0.176. The van der Waals surface area contributed by atoms with E-state index >= 15 is 0 Å². The molecule has 22 heavy (non-hydrogen) atoms. The van der Waals surface area contributed by atoms with Gasteiger partial charge >= 0.3 is 0 Å². The Balaban J connectivity index is 1.87. The topological polar surface area (TPSA) is 51.4 Å². The lowest BCUT2D eigenvalue weighted by molar-refractivity contribution is -0.0697. The molecule has 1 aliphatic rings. The van der Waals surface area contributed by atoms with E-state index in [1.54, 1.807) is 6.20 Å². The molecule has 1 heterocycles. The summed E-state index contributed by atoms with van der Waals surface area (Å²) in [6.07, 6.45) is 1.04. The van der Waals surface area contributed by atoms with Crippen LogP contribution in [0.15, 0.2) is 71.0 Å². The van der Waals surface area contributed by atoms with Crippen molar-refractivity contribution in [2.45, 2.75) is 6.17 Å². The van der Waals surface area contributed by atoms with Gasteiger partial charge in [-0.2, -0.15) is 10.2 Å². The second-order valence-corrected chi connectivity index (χ2v) is 5.32. The molecular weight excluding hydrogens is 276 g/mol. The van der Waals surface area contributed by atoms with Crippen LogP contribution in [0.5, 0.6) is 0 Å². The van der Waals surface area contributed by atoms with E-state index in [0.29, 0.717) is 5.70 Å². The summed E-state index contributed by atoms with van der Waals surface area (Å²) in [5, 5.41) is 19.9. The number of hydrogen-bond acceptors (Lipinski definition) is 5. The zero-order valence-electron chi connectivity index (χ0n) is 12.6. The zero-order valence-corrected chi connectivity index (χ0v) is 12.6. The van der Waals surface area contributed by atoms with E-state index < -0.39 is 6.17 Å². The van der Waals surface area contributed by atoms with Crippen LogP contribution in [-0.2, 0) is 0 Å². The molecule has 2 aromatic carbocycles. The summed E-state index contributed by atoms with van der Waals surface area (Å²) in [4.78, 5) is 2.03. The Morgan fingerprint density at radius 3 is 2.32 bits per heavy atom. The minimum atomic E-state index is -0.531. The maximum atomic E-state index is 10.5. The zero-order chi connectivity index (χ0) is 15.5. The highest BCUT2D eigenvalue weighted by Gasteiger charge is 2.24. The van der Waals surface area contributed by atoms with Crippen LogP contribution in [0.2, 0.25) is 0 Å². The van der Waals surface area contributed by atoms with E-state index in [-0.39, 0.29) is 0 Å². The van der Waals surface area contributed by atoms with Gasteiger partial charge < -0.3 is 4.90 Å².